The van der Waals surface area contributed by atoms with E-state index in [1.807, 2.05) is 79.7 Å². The van der Waals surface area contributed by atoms with Gasteiger partial charge in [0.2, 0.25) is 0 Å². The van der Waals surface area contributed by atoms with E-state index >= 15 is 0 Å². The molecule has 222 valence electrons. The van der Waals surface area contributed by atoms with E-state index in [0.717, 1.165) is 29.8 Å². The van der Waals surface area contributed by atoms with E-state index in [9.17, 15) is 26.3 Å². The van der Waals surface area contributed by atoms with Gasteiger partial charge in [-0.15, -0.1) is 0 Å². The number of nitrogens with zero attached hydrogens (tertiary/aromatic N) is 1. The van der Waals surface area contributed by atoms with Crippen molar-refractivity contribution in [2.45, 2.75) is 19.3 Å². The van der Waals surface area contributed by atoms with E-state index in [4.69, 9.17) is 23.6 Å². The van der Waals surface area contributed by atoms with Gasteiger partial charge >= 0.3 is 12.4 Å². The number of fused-ring (bicyclic) bond motifs is 4. The fraction of sp³-hybridized carbons (Fsp3) is 0.0909. The summed E-state index contributed by atoms with van der Waals surface area (Å²) in [5.41, 5.74) is 0.596. The summed E-state index contributed by atoms with van der Waals surface area (Å²) in [5.74, 6) is 0. The van der Waals surface area contributed by atoms with Crippen molar-refractivity contribution >= 4 is 84.6 Å². The number of aryl methyl sites for hydroxylation is 1. The molecule has 2 unspecified atom stereocenters. The highest BCUT2D eigenvalue weighted by Crippen LogP contribution is 2.61. The Morgan fingerprint density at radius 3 is 1.27 bits per heavy atom. The third kappa shape index (κ3) is 4.20. The molecule has 2 aliphatic rings. The first-order chi connectivity index (χ1) is 20.8. The molecular formula is C33H21F6NP2S2. The Balaban J connectivity index is 1.68. The smallest absolute Gasteiger partial charge is 0.308 e. The van der Waals surface area contributed by atoms with Crippen molar-refractivity contribution in [3.63, 3.8) is 0 Å². The van der Waals surface area contributed by atoms with Gasteiger partial charge in [0.1, 0.15) is 0 Å². The Kier molecular flexibility index (Phi) is 6.63. The number of halogens is 6. The molecule has 1 nitrogen and oxygen atoms in total. The SMILES string of the molecule is Cc1cc2c3c(c1)P(=S)(c1ccccc1)c1cc(C(F)(F)F)ccc1N3c1ccc(C(F)(F)F)cc1P2(=S)c1ccccc1. The van der Waals surface area contributed by atoms with Gasteiger partial charge in [-0.2, -0.15) is 26.3 Å². The standard InChI is InChI=1S/C33H21F6NP2S2/c1-20-16-29-31-30(17-20)42(44,24-10-6-3-7-11-24)28-19-22(33(37,38)39)13-15-26(28)40(31)25-14-12-21(32(34,35)36)18-27(25)41(29,43)23-8-4-2-5-9-23/h2-19H,1H3. The molecule has 0 saturated heterocycles. The van der Waals surface area contributed by atoms with Crippen LogP contribution in [0.25, 0.3) is 0 Å². The molecule has 0 spiro atoms. The molecule has 7 rings (SSSR count). The van der Waals surface area contributed by atoms with Crippen LogP contribution in [0.15, 0.2) is 109 Å². The van der Waals surface area contributed by atoms with Crippen molar-refractivity contribution in [1.82, 2.24) is 0 Å². The van der Waals surface area contributed by atoms with Gasteiger partial charge in [0.25, 0.3) is 0 Å². The van der Waals surface area contributed by atoms with Crippen molar-refractivity contribution in [3.05, 3.63) is 126 Å². The topological polar surface area (TPSA) is 3.24 Å². The van der Waals surface area contributed by atoms with E-state index in [0.29, 0.717) is 48.9 Å². The molecule has 11 heteroatoms. The van der Waals surface area contributed by atoms with Gasteiger partial charge in [-0.1, -0.05) is 84.3 Å². The lowest BCUT2D eigenvalue weighted by Crippen LogP contribution is -2.46. The van der Waals surface area contributed by atoms with Crippen LogP contribution in [-0.2, 0) is 36.0 Å². The number of rotatable bonds is 2. The van der Waals surface area contributed by atoms with E-state index in [1.165, 1.54) is 12.1 Å². The van der Waals surface area contributed by atoms with Gasteiger partial charge in [-0.3, -0.25) is 0 Å². The highest BCUT2D eigenvalue weighted by Gasteiger charge is 2.48. The number of alkyl halides is 6. The molecule has 0 fully saturated rings. The molecule has 44 heavy (non-hydrogen) atoms. The molecule has 0 amide bonds. The predicted molar refractivity (Wildman–Crippen MR) is 175 cm³/mol. The summed E-state index contributed by atoms with van der Waals surface area (Å²) in [5, 5.41) is 3.45. The largest absolute Gasteiger partial charge is 0.416 e. The maximum absolute atomic E-state index is 14.2. The lowest BCUT2D eigenvalue weighted by molar-refractivity contribution is -0.138. The molecule has 2 aliphatic heterocycles. The van der Waals surface area contributed by atoms with Gasteiger partial charge in [0.15, 0.2) is 0 Å². The number of benzene rings is 5. The normalized spacial score (nSPS) is 20.5. The maximum Gasteiger partial charge on any atom is 0.416 e. The second-order valence-corrected chi connectivity index (χ2v) is 19.5. The average Bonchev–Trinajstić information content (AvgIpc) is 3.00. The fourth-order valence-electron chi connectivity index (χ4n) is 6.19. The lowest BCUT2D eigenvalue weighted by Gasteiger charge is -2.47. The minimum atomic E-state index is -4.63. The second kappa shape index (κ2) is 9.89. The van der Waals surface area contributed by atoms with Crippen LogP contribution in [0.3, 0.4) is 0 Å². The third-order valence-corrected chi connectivity index (χ3v) is 17.9. The Morgan fingerprint density at radius 2 is 0.909 bits per heavy atom. The van der Waals surface area contributed by atoms with Crippen LogP contribution in [0, 0.1) is 6.92 Å². The van der Waals surface area contributed by atoms with Crippen LogP contribution < -0.4 is 36.7 Å². The summed E-state index contributed by atoms with van der Waals surface area (Å²) >= 11 is 13.1. The zero-order valence-corrected chi connectivity index (χ0v) is 26.2. The van der Waals surface area contributed by atoms with E-state index in [2.05, 4.69) is 0 Å². The van der Waals surface area contributed by atoms with Gasteiger partial charge in [0.05, 0.1) is 28.2 Å². The van der Waals surface area contributed by atoms with E-state index < -0.39 is 35.6 Å². The zero-order valence-electron chi connectivity index (χ0n) is 22.8. The molecule has 5 aromatic rings. The Labute approximate surface area is 260 Å². The van der Waals surface area contributed by atoms with Crippen LogP contribution >= 0.6 is 12.1 Å². The van der Waals surface area contributed by atoms with Crippen molar-refractivity contribution in [1.29, 1.82) is 0 Å². The van der Waals surface area contributed by atoms with Crippen LogP contribution in [-0.4, -0.2) is 0 Å². The zero-order chi connectivity index (χ0) is 31.2. The summed E-state index contributed by atoms with van der Waals surface area (Å²) in [6.45, 7) is 1.86. The van der Waals surface area contributed by atoms with E-state index in [-0.39, 0.29) is 0 Å². The lowest BCUT2D eigenvalue weighted by atomic mass is 10.1. The molecule has 0 aliphatic carbocycles. The van der Waals surface area contributed by atoms with Crippen molar-refractivity contribution in [3.8, 4) is 0 Å². The van der Waals surface area contributed by atoms with Crippen molar-refractivity contribution in [2.75, 3.05) is 4.90 Å². The van der Waals surface area contributed by atoms with Gasteiger partial charge in [-0.05, 0) is 71.6 Å². The van der Waals surface area contributed by atoms with E-state index in [1.54, 1.807) is 4.90 Å². The summed E-state index contributed by atoms with van der Waals surface area (Å²) in [4.78, 5) is 1.79. The Bertz CT molecular complexity index is 1930. The summed E-state index contributed by atoms with van der Waals surface area (Å²) in [6, 6.07) is 22.9. The Morgan fingerprint density at radius 1 is 0.523 bits per heavy atom. The summed E-state index contributed by atoms with van der Waals surface area (Å²) in [7, 11) is 0. The summed E-state index contributed by atoms with van der Waals surface area (Å²) in [6.07, 6.45) is -9.25. The minimum absolute atomic E-state index is 0.332. The monoisotopic (exact) mass is 671 g/mol. The van der Waals surface area contributed by atoms with Crippen LogP contribution in [0.5, 0.6) is 0 Å². The second-order valence-electron chi connectivity index (χ2n) is 10.8. The minimum Gasteiger partial charge on any atom is -0.308 e. The summed E-state index contributed by atoms with van der Waals surface area (Å²) < 4.78 is 85.0. The molecule has 0 N–H and O–H groups in total. The van der Waals surface area contributed by atoms with Crippen LogP contribution in [0.1, 0.15) is 16.7 Å². The average molecular weight is 672 g/mol. The first-order valence-electron chi connectivity index (χ1n) is 13.5. The molecule has 2 atom stereocenters. The maximum atomic E-state index is 14.2. The first kappa shape index (κ1) is 29.5. The van der Waals surface area contributed by atoms with Crippen LogP contribution in [0.2, 0.25) is 0 Å². The highest BCUT2D eigenvalue weighted by molar-refractivity contribution is 8.27. The molecule has 0 saturated carbocycles. The quantitative estimate of drug-likeness (QED) is 0.138. The molecule has 0 aromatic heterocycles. The number of anilines is 3. The molecular weight excluding hydrogens is 650 g/mol. The highest BCUT2D eigenvalue weighted by atomic mass is 32.4. The molecule has 0 radical (unpaired) electrons. The third-order valence-electron chi connectivity index (χ3n) is 8.12. The van der Waals surface area contributed by atoms with Crippen molar-refractivity contribution in [2.24, 2.45) is 0 Å². The van der Waals surface area contributed by atoms with Gasteiger partial charge in [0, 0.05) is 33.3 Å². The number of hydrogen-bond donors (Lipinski definition) is 0. The van der Waals surface area contributed by atoms with Gasteiger partial charge in [-0.25, -0.2) is 0 Å². The first-order valence-corrected chi connectivity index (χ1v) is 19.1. The van der Waals surface area contributed by atoms with Gasteiger partial charge < -0.3 is 4.90 Å². The molecule has 5 aromatic carbocycles. The molecule has 2 heterocycles. The van der Waals surface area contributed by atoms with Crippen molar-refractivity contribution < 1.29 is 26.3 Å². The molecule has 0 bridgehead atoms. The Hall–Kier alpha value is -3.22. The fourth-order valence-corrected chi connectivity index (χ4v) is 15.0. The predicted octanol–water partition coefficient (Wildman–Crippen LogP) is 7.64. The van der Waals surface area contributed by atoms with Crippen LogP contribution in [0.4, 0.5) is 43.4 Å². The number of hydrogen-bond acceptors (Lipinski definition) is 3.